The van der Waals surface area contributed by atoms with Crippen molar-refractivity contribution in [2.24, 2.45) is 0 Å². The van der Waals surface area contributed by atoms with Gasteiger partial charge >= 0.3 is 0 Å². The molecule has 1 aromatic heterocycles. The van der Waals surface area contributed by atoms with Gasteiger partial charge in [0.05, 0.1) is 23.0 Å². The van der Waals surface area contributed by atoms with Crippen LogP contribution in [0.5, 0.6) is 0 Å². The first-order chi connectivity index (χ1) is 10.3. The van der Waals surface area contributed by atoms with Crippen LogP contribution in [0.25, 0.3) is 22.5 Å². The lowest BCUT2D eigenvalue weighted by Crippen LogP contribution is -1.93. The van der Waals surface area contributed by atoms with Gasteiger partial charge in [0.15, 0.2) is 0 Å². The monoisotopic (exact) mass is 272 g/mol. The third-order valence-electron chi connectivity index (χ3n) is 3.17. The van der Waals surface area contributed by atoms with E-state index < -0.39 is 0 Å². The molecule has 0 spiro atoms. The predicted molar refractivity (Wildman–Crippen MR) is 82.0 cm³/mol. The number of nitrogens with zero attached hydrogens (tertiary/aromatic N) is 3. The maximum atomic E-state index is 8.87. The number of anilines is 1. The van der Waals surface area contributed by atoms with Gasteiger partial charge < -0.3 is 5.73 Å². The largest absolute Gasteiger partial charge is 0.399 e. The molecule has 0 atom stereocenters. The Balaban J connectivity index is 2.11. The van der Waals surface area contributed by atoms with Gasteiger partial charge in [0, 0.05) is 29.2 Å². The molecule has 0 aliphatic rings. The average Bonchev–Trinajstić information content (AvgIpc) is 2.56. The van der Waals surface area contributed by atoms with Crippen LogP contribution >= 0.6 is 0 Å². The quantitative estimate of drug-likeness (QED) is 0.726. The third kappa shape index (κ3) is 2.58. The summed E-state index contributed by atoms with van der Waals surface area (Å²) in [5.41, 5.74) is 10.5. The van der Waals surface area contributed by atoms with Gasteiger partial charge in [-0.15, -0.1) is 0 Å². The second-order valence-corrected chi connectivity index (χ2v) is 4.56. The minimum Gasteiger partial charge on any atom is -0.399 e. The van der Waals surface area contributed by atoms with E-state index in [1.807, 2.05) is 36.4 Å². The van der Waals surface area contributed by atoms with E-state index in [2.05, 4.69) is 16.0 Å². The molecular weight excluding hydrogens is 260 g/mol. The molecule has 0 bridgehead atoms. The first-order valence-electron chi connectivity index (χ1n) is 6.45. The summed E-state index contributed by atoms with van der Waals surface area (Å²) in [5, 5.41) is 8.87. The Morgan fingerprint density at radius 1 is 0.762 bits per heavy atom. The zero-order valence-electron chi connectivity index (χ0n) is 11.2. The van der Waals surface area contributed by atoms with E-state index in [1.54, 1.807) is 24.5 Å². The highest BCUT2D eigenvalue weighted by atomic mass is 14.8. The van der Waals surface area contributed by atoms with Gasteiger partial charge in [0.1, 0.15) is 0 Å². The number of aromatic nitrogens is 2. The number of rotatable bonds is 2. The minimum absolute atomic E-state index is 0.622. The zero-order valence-corrected chi connectivity index (χ0v) is 11.2. The van der Waals surface area contributed by atoms with E-state index >= 15 is 0 Å². The van der Waals surface area contributed by atoms with E-state index in [9.17, 15) is 0 Å². The van der Waals surface area contributed by atoms with Crippen molar-refractivity contribution in [2.45, 2.75) is 0 Å². The molecule has 100 valence electrons. The smallest absolute Gasteiger partial charge is 0.0991 e. The summed E-state index contributed by atoms with van der Waals surface area (Å²) < 4.78 is 0. The molecule has 2 aromatic carbocycles. The number of hydrogen-bond donors (Lipinski definition) is 1. The van der Waals surface area contributed by atoms with Crippen LogP contribution in [-0.2, 0) is 0 Å². The van der Waals surface area contributed by atoms with Crippen molar-refractivity contribution in [1.29, 1.82) is 5.26 Å². The standard InChI is InChI=1S/C17H12N4/c18-11-12-1-3-13(4-2-12)16-17(21-10-9-20-16)14-5-7-15(19)8-6-14/h1-10H,19H2. The maximum absolute atomic E-state index is 8.87. The molecule has 21 heavy (non-hydrogen) atoms. The van der Waals surface area contributed by atoms with Crippen LogP contribution in [0.4, 0.5) is 5.69 Å². The predicted octanol–water partition coefficient (Wildman–Crippen LogP) is 3.26. The molecular formula is C17H12N4. The Morgan fingerprint density at radius 3 is 1.71 bits per heavy atom. The molecule has 3 rings (SSSR count). The zero-order chi connectivity index (χ0) is 14.7. The Morgan fingerprint density at radius 2 is 1.24 bits per heavy atom. The molecule has 0 unspecified atom stereocenters. The van der Waals surface area contributed by atoms with E-state index in [-0.39, 0.29) is 0 Å². The Labute approximate surface area is 122 Å². The first-order valence-corrected chi connectivity index (χ1v) is 6.45. The van der Waals surface area contributed by atoms with Gasteiger partial charge in [-0.05, 0) is 24.3 Å². The first kappa shape index (κ1) is 12.8. The number of nitriles is 1. The van der Waals surface area contributed by atoms with Crippen molar-refractivity contribution in [3.8, 4) is 28.6 Å². The van der Waals surface area contributed by atoms with Gasteiger partial charge in [-0.3, -0.25) is 9.97 Å². The van der Waals surface area contributed by atoms with Gasteiger partial charge in [-0.2, -0.15) is 5.26 Å². The molecule has 0 saturated carbocycles. The van der Waals surface area contributed by atoms with Crippen molar-refractivity contribution in [3.05, 3.63) is 66.5 Å². The van der Waals surface area contributed by atoms with Crippen molar-refractivity contribution in [2.75, 3.05) is 5.73 Å². The van der Waals surface area contributed by atoms with Crippen molar-refractivity contribution in [3.63, 3.8) is 0 Å². The topological polar surface area (TPSA) is 75.6 Å². The van der Waals surface area contributed by atoms with Crippen molar-refractivity contribution < 1.29 is 0 Å². The number of benzene rings is 2. The molecule has 0 saturated heterocycles. The average molecular weight is 272 g/mol. The van der Waals surface area contributed by atoms with Crippen molar-refractivity contribution >= 4 is 5.69 Å². The van der Waals surface area contributed by atoms with Crippen LogP contribution in [0, 0.1) is 11.3 Å². The van der Waals surface area contributed by atoms with Crippen molar-refractivity contribution in [1.82, 2.24) is 9.97 Å². The summed E-state index contributed by atoms with van der Waals surface area (Å²) in [6, 6.07) is 16.9. The number of nitrogen functional groups attached to an aromatic ring is 1. The summed E-state index contributed by atoms with van der Waals surface area (Å²) in [6.07, 6.45) is 3.33. The SMILES string of the molecule is N#Cc1ccc(-c2nccnc2-c2ccc(N)cc2)cc1. The van der Waals surface area contributed by atoms with Gasteiger partial charge in [-0.1, -0.05) is 24.3 Å². The molecule has 0 fully saturated rings. The Kier molecular flexibility index (Phi) is 3.32. The molecule has 4 heteroatoms. The second-order valence-electron chi connectivity index (χ2n) is 4.56. The fourth-order valence-electron chi connectivity index (χ4n) is 2.10. The summed E-state index contributed by atoms with van der Waals surface area (Å²) in [4.78, 5) is 8.86. The second kappa shape index (κ2) is 5.43. The van der Waals surface area contributed by atoms with E-state index in [0.717, 1.165) is 22.5 Å². The lowest BCUT2D eigenvalue weighted by atomic mass is 10.0. The molecule has 2 N–H and O–H groups in total. The molecule has 0 radical (unpaired) electrons. The maximum Gasteiger partial charge on any atom is 0.0991 e. The van der Waals surface area contributed by atoms with Crippen LogP contribution in [0.15, 0.2) is 60.9 Å². The van der Waals surface area contributed by atoms with E-state index in [1.165, 1.54) is 0 Å². The number of hydrogen-bond acceptors (Lipinski definition) is 4. The van der Waals surface area contributed by atoms with Crippen LogP contribution < -0.4 is 5.73 Å². The van der Waals surface area contributed by atoms with Crippen LogP contribution in [-0.4, -0.2) is 9.97 Å². The van der Waals surface area contributed by atoms with Crippen LogP contribution in [0.2, 0.25) is 0 Å². The van der Waals surface area contributed by atoms with E-state index in [4.69, 9.17) is 11.0 Å². The van der Waals surface area contributed by atoms with Crippen LogP contribution in [0.1, 0.15) is 5.56 Å². The summed E-state index contributed by atoms with van der Waals surface area (Å²) in [5.74, 6) is 0. The lowest BCUT2D eigenvalue weighted by molar-refractivity contribution is 1.21. The Bertz CT molecular complexity index is 799. The number of nitrogens with two attached hydrogens (primary N) is 1. The molecule has 4 nitrogen and oxygen atoms in total. The fourth-order valence-corrected chi connectivity index (χ4v) is 2.10. The molecule has 0 aliphatic heterocycles. The molecule has 3 aromatic rings. The summed E-state index contributed by atoms with van der Waals surface area (Å²) in [6.45, 7) is 0. The van der Waals surface area contributed by atoms with Gasteiger partial charge in [-0.25, -0.2) is 0 Å². The van der Waals surface area contributed by atoms with Crippen LogP contribution in [0.3, 0.4) is 0 Å². The fraction of sp³-hybridized carbons (Fsp3) is 0. The Hall–Kier alpha value is -3.19. The highest BCUT2D eigenvalue weighted by Gasteiger charge is 2.10. The molecule has 1 heterocycles. The minimum atomic E-state index is 0.622. The summed E-state index contributed by atoms with van der Waals surface area (Å²) >= 11 is 0. The highest BCUT2D eigenvalue weighted by Crippen LogP contribution is 2.28. The molecule has 0 aliphatic carbocycles. The van der Waals surface area contributed by atoms with E-state index in [0.29, 0.717) is 11.3 Å². The normalized spacial score (nSPS) is 10.0. The lowest BCUT2D eigenvalue weighted by Gasteiger charge is -2.08. The third-order valence-corrected chi connectivity index (χ3v) is 3.17. The van der Waals surface area contributed by atoms with Gasteiger partial charge in [0.25, 0.3) is 0 Å². The molecule has 0 amide bonds. The summed E-state index contributed by atoms with van der Waals surface area (Å²) in [7, 11) is 0. The highest BCUT2D eigenvalue weighted by molar-refractivity contribution is 5.78. The van der Waals surface area contributed by atoms with Gasteiger partial charge in [0.2, 0.25) is 0 Å².